The Bertz CT molecular complexity index is 615. The molecule has 6 nitrogen and oxygen atoms in total. The molecule has 0 aromatic heterocycles. The first-order chi connectivity index (χ1) is 10.5. The Balaban J connectivity index is 2.09. The van der Waals surface area contributed by atoms with E-state index in [-0.39, 0.29) is 19.7 Å². The summed E-state index contributed by atoms with van der Waals surface area (Å²) in [4.78, 5) is 38.5. The molecule has 116 valence electrons. The number of thioether (sulfide) groups is 1. The third kappa shape index (κ3) is 3.75. The fourth-order valence-corrected chi connectivity index (χ4v) is 2.71. The minimum absolute atomic E-state index is 0.162. The molecule has 0 radical (unpaired) electrons. The quantitative estimate of drug-likeness (QED) is 0.824. The van der Waals surface area contributed by atoms with Gasteiger partial charge in [0.2, 0.25) is 5.91 Å². The second-order valence-corrected chi connectivity index (χ2v) is 5.71. The summed E-state index contributed by atoms with van der Waals surface area (Å²) in [5, 5.41) is 8.34. The fraction of sp³-hybridized carbons (Fsp3) is 0.267. The lowest BCUT2D eigenvalue weighted by molar-refractivity contribution is -0.135. The monoisotopic (exact) mass is 320 g/mol. The molecule has 7 heteroatoms. The summed E-state index contributed by atoms with van der Waals surface area (Å²) in [6, 6.07) is 9.19. The first kappa shape index (κ1) is 16.3. The van der Waals surface area contributed by atoms with Gasteiger partial charge in [0, 0.05) is 13.6 Å². The smallest absolute Gasteiger partial charge is 0.294 e. The number of aliphatic hydroxyl groups is 1. The summed E-state index contributed by atoms with van der Waals surface area (Å²) in [6.07, 6.45) is 1.63. The van der Waals surface area contributed by atoms with Crippen molar-refractivity contribution in [2.75, 3.05) is 26.7 Å². The van der Waals surface area contributed by atoms with Gasteiger partial charge in [-0.2, -0.15) is 0 Å². The molecule has 0 bridgehead atoms. The molecule has 1 saturated heterocycles. The molecule has 0 saturated carbocycles. The molecule has 1 aromatic rings. The molecule has 0 aliphatic carbocycles. The summed E-state index contributed by atoms with van der Waals surface area (Å²) < 4.78 is 0. The van der Waals surface area contributed by atoms with Gasteiger partial charge >= 0.3 is 0 Å². The Hall–Kier alpha value is -2.12. The maximum Gasteiger partial charge on any atom is 0.294 e. The topological polar surface area (TPSA) is 77.9 Å². The van der Waals surface area contributed by atoms with Crippen LogP contribution in [0, 0.1) is 0 Å². The van der Waals surface area contributed by atoms with Crippen molar-refractivity contribution < 1.29 is 19.5 Å². The van der Waals surface area contributed by atoms with Gasteiger partial charge < -0.3 is 10.0 Å². The number of rotatable bonds is 5. The zero-order chi connectivity index (χ0) is 16.1. The van der Waals surface area contributed by atoms with Crippen LogP contribution in [0.5, 0.6) is 0 Å². The molecular weight excluding hydrogens is 304 g/mol. The molecule has 0 atom stereocenters. The Morgan fingerprint density at radius 3 is 2.64 bits per heavy atom. The predicted molar refractivity (Wildman–Crippen MR) is 83.8 cm³/mol. The maximum absolute atomic E-state index is 12.2. The van der Waals surface area contributed by atoms with Crippen molar-refractivity contribution in [3.63, 3.8) is 0 Å². The van der Waals surface area contributed by atoms with E-state index in [1.165, 1.54) is 11.9 Å². The van der Waals surface area contributed by atoms with E-state index in [9.17, 15) is 14.4 Å². The van der Waals surface area contributed by atoms with Crippen molar-refractivity contribution in [1.82, 2.24) is 9.80 Å². The Kier molecular flexibility index (Phi) is 5.35. The summed E-state index contributed by atoms with van der Waals surface area (Å²) in [7, 11) is 1.51. The largest absolute Gasteiger partial charge is 0.395 e. The van der Waals surface area contributed by atoms with Crippen LogP contribution in [-0.4, -0.2) is 58.7 Å². The number of amides is 3. The van der Waals surface area contributed by atoms with Gasteiger partial charge in [-0.25, -0.2) is 0 Å². The zero-order valence-electron chi connectivity index (χ0n) is 12.1. The zero-order valence-corrected chi connectivity index (χ0v) is 12.9. The molecule has 1 N–H and O–H groups in total. The molecule has 1 aliphatic heterocycles. The highest BCUT2D eigenvalue weighted by Gasteiger charge is 2.36. The van der Waals surface area contributed by atoms with Crippen molar-refractivity contribution in [3.05, 3.63) is 40.8 Å². The average Bonchev–Trinajstić information content (AvgIpc) is 2.76. The van der Waals surface area contributed by atoms with Crippen molar-refractivity contribution >= 4 is 34.9 Å². The molecular formula is C15H16N2O4S. The molecule has 0 unspecified atom stereocenters. The molecule has 0 spiro atoms. The van der Waals surface area contributed by atoms with Gasteiger partial charge in [-0.05, 0) is 23.4 Å². The number of carbonyl (C=O) groups is 3. The molecule has 1 aliphatic rings. The van der Waals surface area contributed by atoms with Crippen LogP contribution in [0.1, 0.15) is 5.56 Å². The number of likely N-dealkylation sites (N-methyl/N-ethyl adjacent to an activating group) is 1. The van der Waals surface area contributed by atoms with E-state index in [1.54, 1.807) is 6.08 Å². The number of aliphatic hydroxyl groups excluding tert-OH is 1. The van der Waals surface area contributed by atoms with Crippen molar-refractivity contribution in [1.29, 1.82) is 0 Å². The SMILES string of the molecule is CN(CCO)C(=O)CN1C(=O)S/C(=C/c2ccccc2)C1=O. The third-order valence-electron chi connectivity index (χ3n) is 3.13. The highest BCUT2D eigenvalue weighted by Crippen LogP contribution is 2.31. The van der Waals surface area contributed by atoms with Gasteiger partial charge in [0.1, 0.15) is 6.54 Å². The van der Waals surface area contributed by atoms with Gasteiger partial charge in [0.15, 0.2) is 0 Å². The van der Waals surface area contributed by atoms with Crippen LogP contribution in [0.25, 0.3) is 6.08 Å². The summed E-state index contributed by atoms with van der Waals surface area (Å²) in [6.45, 7) is -0.319. The van der Waals surface area contributed by atoms with E-state index in [1.807, 2.05) is 30.3 Å². The average molecular weight is 320 g/mol. The second-order valence-electron chi connectivity index (χ2n) is 4.72. The van der Waals surface area contributed by atoms with Gasteiger partial charge in [0.05, 0.1) is 11.5 Å². The predicted octanol–water partition coefficient (Wildman–Crippen LogP) is 1.17. The first-order valence-electron chi connectivity index (χ1n) is 6.68. The minimum atomic E-state index is -0.468. The Labute approximate surface area is 132 Å². The highest BCUT2D eigenvalue weighted by atomic mass is 32.2. The van der Waals surface area contributed by atoms with Gasteiger partial charge in [-0.3, -0.25) is 19.3 Å². The van der Waals surface area contributed by atoms with Crippen LogP contribution in [0.15, 0.2) is 35.2 Å². The third-order valence-corrected chi connectivity index (χ3v) is 4.03. The summed E-state index contributed by atoms with van der Waals surface area (Å²) in [5.41, 5.74) is 0.816. The van der Waals surface area contributed by atoms with Crippen LogP contribution in [0.2, 0.25) is 0 Å². The van der Waals surface area contributed by atoms with Gasteiger partial charge in [-0.15, -0.1) is 0 Å². The molecule has 1 heterocycles. The lowest BCUT2D eigenvalue weighted by atomic mass is 10.2. The van der Waals surface area contributed by atoms with E-state index in [0.717, 1.165) is 22.2 Å². The Morgan fingerprint density at radius 1 is 1.32 bits per heavy atom. The molecule has 3 amide bonds. The maximum atomic E-state index is 12.2. The fourth-order valence-electron chi connectivity index (χ4n) is 1.87. The van der Waals surface area contributed by atoms with E-state index in [2.05, 4.69) is 0 Å². The van der Waals surface area contributed by atoms with Crippen molar-refractivity contribution in [3.8, 4) is 0 Å². The van der Waals surface area contributed by atoms with E-state index < -0.39 is 17.1 Å². The van der Waals surface area contributed by atoms with Crippen LogP contribution >= 0.6 is 11.8 Å². The van der Waals surface area contributed by atoms with Gasteiger partial charge in [0.25, 0.3) is 11.1 Å². The van der Waals surface area contributed by atoms with E-state index in [0.29, 0.717) is 4.91 Å². The summed E-state index contributed by atoms with van der Waals surface area (Å²) in [5.74, 6) is -0.859. The lowest BCUT2D eigenvalue weighted by Gasteiger charge is -2.19. The van der Waals surface area contributed by atoms with Crippen LogP contribution in [0.3, 0.4) is 0 Å². The molecule has 1 fully saturated rings. The van der Waals surface area contributed by atoms with Gasteiger partial charge in [-0.1, -0.05) is 30.3 Å². The number of carbonyl (C=O) groups excluding carboxylic acids is 3. The molecule has 2 rings (SSSR count). The summed E-state index contributed by atoms with van der Waals surface area (Å²) >= 11 is 0.822. The Morgan fingerprint density at radius 2 is 2.00 bits per heavy atom. The van der Waals surface area contributed by atoms with Crippen molar-refractivity contribution in [2.24, 2.45) is 0 Å². The van der Waals surface area contributed by atoms with Crippen LogP contribution < -0.4 is 0 Å². The van der Waals surface area contributed by atoms with Crippen LogP contribution in [-0.2, 0) is 9.59 Å². The minimum Gasteiger partial charge on any atom is -0.395 e. The van der Waals surface area contributed by atoms with Crippen molar-refractivity contribution in [2.45, 2.75) is 0 Å². The number of hydrogen-bond donors (Lipinski definition) is 1. The van der Waals surface area contributed by atoms with E-state index >= 15 is 0 Å². The first-order valence-corrected chi connectivity index (χ1v) is 7.50. The second kappa shape index (κ2) is 7.24. The number of benzene rings is 1. The standard InChI is InChI=1S/C15H16N2O4S/c1-16(7-8-18)13(19)10-17-14(20)12(22-15(17)21)9-11-5-3-2-4-6-11/h2-6,9,18H,7-8,10H2,1H3/b12-9+. The molecule has 22 heavy (non-hydrogen) atoms. The molecule has 1 aromatic carbocycles. The van der Waals surface area contributed by atoms with Crippen LogP contribution in [0.4, 0.5) is 4.79 Å². The number of nitrogens with zero attached hydrogens (tertiary/aromatic N) is 2. The lowest BCUT2D eigenvalue weighted by Crippen LogP contribution is -2.41. The highest BCUT2D eigenvalue weighted by molar-refractivity contribution is 8.18. The normalized spacial score (nSPS) is 16.5. The number of imide groups is 1. The van der Waals surface area contributed by atoms with E-state index in [4.69, 9.17) is 5.11 Å². The number of hydrogen-bond acceptors (Lipinski definition) is 5.